The van der Waals surface area contributed by atoms with Gasteiger partial charge in [-0.2, -0.15) is 0 Å². The standard InChI is InChI=1S/C12H22O/c1-9-7-11(13)8-10(2)12(9)5-3-4-6-12/h9-11,13H,3-8H2,1-2H3. The van der Waals surface area contributed by atoms with Crippen molar-refractivity contribution in [1.82, 2.24) is 0 Å². The Morgan fingerprint density at radius 1 is 1.00 bits per heavy atom. The van der Waals surface area contributed by atoms with Crippen LogP contribution in [0.25, 0.3) is 0 Å². The van der Waals surface area contributed by atoms with Gasteiger partial charge in [0.1, 0.15) is 0 Å². The van der Waals surface area contributed by atoms with Gasteiger partial charge in [0.2, 0.25) is 0 Å². The minimum absolute atomic E-state index is 0.0174. The second kappa shape index (κ2) is 3.27. The molecule has 1 N–H and O–H groups in total. The molecule has 2 saturated carbocycles. The molecule has 2 aliphatic carbocycles. The van der Waals surface area contributed by atoms with Crippen molar-refractivity contribution in [1.29, 1.82) is 0 Å². The van der Waals surface area contributed by atoms with Crippen LogP contribution in [0, 0.1) is 17.3 Å². The molecule has 0 saturated heterocycles. The first kappa shape index (κ1) is 9.51. The second-order valence-electron chi connectivity index (χ2n) is 5.37. The van der Waals surface area contributed by atoms with Gasteiger partial charge in [-0.1, -0.05) is 26.7 Å². The highest BCUT2D eigenvalue weighted by Gasteiger charge is 2.46. The maximum absolute atomic E-state index is 9.69. The predicted octanol–water partition coefficient (Wildman–Crippen LogP) is 2.97. The molecule has 1 heteroatoms. The monoisotopic (exact) mass is 182 g/mol. The molecule has 2 atom stereocenters. The lowest BCUT2D eigenvalue weighted by Gasteiger charge is -2.47. The average Bonchev–Trinajstić information content (AvgIpc) is 2.50. The van der Waals surface area contributed by atoms with E-state index in [1.807, 2.05) is 0 Å². The topological polar surface area (TPSA) is 20.2 Å². The summed E-state index contributed by atoms with van der Waals surface area (Å²) in [6, 6.07) is 0. The van der Waals surface area contributed by atoms with Crippen molar-refractivity contribution >= 4 is 0 Å². The van der Waals surface area contributed by atoms with Gasteiger partial charge in [-0.15, -0.1) is 0 Å². The molecule has 13 heavy (non-hydrogen) atoms. The number of rotatable bonds is 0. The Kier molecular flexibility index (Phi) is 2.39. The molecule has 2 aliphatic rings. The number of hydrogen-bond acceptors (Lipinski definition) is 1. The first-order chi connectivity index (χ1) is 6.15. The third-order valence-electron chi connectivity index (χ3n) is 4.75. The van der Waals surface area contributed by atoms with Crippen LogP contribution in [0.3, 0.4) is 0 Å². The summed E-state index contributed by atoms with van der Waals surface area (Å²) in [6.07, 6.45) is 7.75. The highest BCUT2D eigenvalue weighted by molar-refractivity contribution is 4.97. The largest absolute Gasteiger partial charge is 0.393 e. The van der Waals surface area contributed by atoms with Gasteiger partial charge in [0.15, 0.2) is 0 Å². The first-order valence-corrected chi connectivity index (χ1v) is 5.83. The van der Waals surface area contributed by atoms with Crippen LogP contribution in [-0.4, -0.2) is 11.2 Å². The van der Waals surface area contributed by atoms with Crippen LogP contribution in [0.4, 0.5) is 0 Å². The van der Waals surface area contributed by atoms with Crippen molar-refractivity contribution in [2.75, 3.05) is 0 Å². The zero-order valence-corrected chi connectivity index (χ0v) is 8.92. The minimum Gasteiger partial charge on any atom is -0.393 e. The van der Waals surface area contributed by atoms with Gasteiger partial charge in [0.25, 0.3) is 0 Å². The normalized spacial score (nSPS) is 44.1. The Labute approximate surface area is 81.5 Å². The van der Waals surface area contributed by atoms with Crippen LogP contribution in [0.5, 0.6) is 0 Å². The summed E-state index contributed by atoms with van der Waals surface area (Å²) < 4.78 is 0. The van der Waals surface area contributed by atoms with Gasteiger partial charge >= 0.3 is 0 Å². The molecule has 0 aromatic carbocycles. The number of aliphatic hydroxyl groups is 1. The van der Waals surface area contributed by atoms with Gasteiger partial charge in [0, 0.05) is 0 Å². The van der Waals surface area contributed by atoms with E-state index in [1.165, 1.54) is 25.7 Å². The van der Waals surface area contributed by atoms with E-state index in [2.05, 4.69) is 13.8 Å². The minimum atomic E-state index is -0.0174. The average molecular weight is 182 g/mol. The fourth-order valence-corrected chi connectivity index (χ4v) is 3.89. The Morgan fingerprint density at radius 3 is 1.92 bits per heavy atom. The Balaban J connectivity index is 2.16. The zero-order valence-electron chi connectivity index (χ0n) is 8.92. The Morgan fingerprint density at radius 2 is 1.46 bits per heavy atom. The van der Waals surface area contributed by atoms with Crippen molar-refractivity contribution in [3.63, 3.8) is 0 Å². The summed E-state index contributed by atoms with van der Waals surface area (Å²) in [5.41, 5.74) is 0.610. The first-order valence-electron chi connectivity index (χ1n) is 5.83. The molecule has 0 aromatic rings. The van der Waals surface area contributed by atoms with Crippen molar-refractivity contribution in [3.8, 4) is 0 Å². The molecular weight excluding hydrogens is 160 g/mol. The van der Waals surface area contributed by atoms with Crippen LogP contribution >= 0.6 is 0 Å². The molecule has 0 amide bonds. The molecule has 2 unspecified atom stereocenters. The molecule has 0 aliphatic heterocycles. The van der Waals surface area contributed by atoms with E-state index in [0.717, 1.165) is 24.7 Å². The van der Waals surface area contributed by atoms with Crippen LogP contribution in [0.15, 0.2) is 0 Å². The highest BCUT2D eigenvalue weighted by atomic mass is 16.3. The van der Waals surface area contributed by atoms with Crippen LogP contribution in [0.2, 0.25) is 0 Å². The van der Waals surface area contributed by atoms with E-state index in [1.54, 1.807) is 0 Å². The van der Waals surface area contributed by atoms with E-state index >= 15 is 0 Å². The van der Waals surface area contributed by atoms with E-state index in [-0.39, 0.29) is 6.10 Å². The van der Waals surface area contributed by atoms with Crippen LogP contribution in [-0.2, 0) is 0 Å². The van der Waals surface area contributed by atoms with Gasteiger partial charge in [-0.3, -0.25) is 0 Å². The summed E-state index contributed by atoms with van der Waals surface area (Å²) in [4.78, 5) is 0. The maximum Gasteiger partial charge on any atom is 0.0545 e. The summed E-state index contributed by atoms with van der Waals surface area (Å²) in [6.45, 7) is 4.70. The lowest BCUT2D eigenvalue weighted by molar-refractivity contribution is -0.0254. The fourth-order valence-electron chi connectivity index (χ4n) is 3.89. The summed E-state index contributed by atoms with van der Waals surface area (Å²) in [5.74, 6) is 1.49. The zero-order chi connectivity index (χ0) is 9.47. The fraction of sp³-hybridized carbons (Fsp3) is 1.00. The smallest absolute Gasteiger partial charge is 0.0545 e. The molecule has 0 radical (unpaired) electrons. The third kappa shape index (κ3) is 1.41. The Bertz CT molecular complexity index is 168. The molecular formula is C12H22O. The van der Waals surface area contributed by atoms with Crippen LogP contribution in [0.1, 0.15) is 52.4 Å². The van der Waals surface area contributed by atoms with Gasteiger partial charge < -0.3 is 5.11 Å². The lowest BCUT2D eigenvalue weighted by Crippen LogP contribution is -2.41. The van der Waals surface area contributed by atoms with E-state index in [4.69, 9.17) is 0 Å². The van der Waals surface area contributed by atoms with Crippen molar-refractivity contribution in [2.45, 2.75) is 58.5 Å². The lowest BCUT2D eigenvalue weighted by atomic mass is 9.59. The van der Waals surface area contributed by atoms with Gasteiger partial charge in [-0.05, 0) is 42.9 Å². The SMILES string of the molecule is CC1CC(O)CC(C)C12CCCC2. The molecule has 1 nitrogen and oxygen atoms in total. The van der Waals surface area contributed by atoms with Crippen molar-refractivity contribution < 1.29 is 5.11 Å². The quantitative estimate of drug-likeness (QED) is 0.610. The molecule has 0 heterocycles. The summed E-state index contributed by atoms with van der Waals surface area (Å²) in [5, 5.41) is 9.69. The molecule has 76 valence electrons. The van der Waals surface area contributed by atoms with Crippen LogP contribution < -0.4 is 0 Å². The summed E-state index contributed by atoms with van der Waals surface area (Å²) in [7, 11) is 0. The van der Waals surface area contributed by atoms with E-state index in [9.17, 15) is 5.11 Å². The molecule has 2 fully saturated rings. The number of hydrogen-bond donors (Lipinski definition) is 1. The molecule has 1 spiro atoms. The highest BCUT2D eigenvalue weighted by Crippen LogP contribution is 2.55. The predicted molar refractivity (Wildman–Crippen MR) is 54.5 cm³/mol. The van der Waals surface area contributed by atoms with Gasteiger partial charge in [-0.25, -0.2) is 0 Å². The second-order valence-corrected chi connectivity index (χ2v) is 5.37. The number of aliphatic hydroxyl groups excluding tert-OH is 1. The molecule has 0 bridgehead atoms. The summed E-state index contributed by atoms with van der Waals surface area (Å²) >= 11 is 0. The van der Waals surface area contributed by atoms with E-state index in [0.29, 0.717) is 5.41 Å². The van der Waals surface area contributed by atoms with Gasteiger partial charge in [0.05, 0.1) is 6.10 Å². The molecule has 0 aromatic heterocycles. The third-order valence-corrected chi connectivity index (χ3v) is 4.75. The maximum atomic E-state index is 9.69. The Hall–Kier alpha value is -0.0400. The van der Waals surface area contributed by atoms with E-state index < -0.39 is 0 Å². The molecule has 2 rings (SSSR count). The van der Waals surface area contributed by atoms with Crippen molar-refractivity contribution in [3.05, 3.63) is 0 Å². The van der Waals surface area contributed by atoms with Crippen molar-refractivity contribution in [2.24, 2.45) is 17.3 Å².